The van der Waals surface area contributed by atoms with E-state index in [1.165, 1.54) is 0 Å². The molecule has 1 aliphatic carbocycles. The van der Waals surface area contributed by atoms with Gasteiger partial charge in [-0.3, -0.25) is 0 Å². The van der Waals surface area contributed by atoms with E-state index in [1.54, 1.807) is 6.92 Å². The van der Waals surface area contributed by atoms with Crippen molar-refractivity contribution in [3.63, 3.8) is 0 Å². The lowest BCUT2D eigenvalue weighted by Crippen LogP contribution is -2.50. The van der Waals surface area contributed by atoms with Gasteiger partial charge < -0.3 is 9.84 Å². The first-order valence-corrected chi connectivity index (χ1v) is 7.54. The van der Waals surface area contributed by atoms with Gasteiger partial charge >= 0.3 is 0 Å². The molecule has 1 saturated carbocycles. The molecule has 2 nitrogen and oxygen atoms in total. The quantitative estimate of drug-likeness (QED) is 0.760. The maximum Gasteiger partial charge on any atom is 0.125 e. The van der Waals surface area contributed by atoms with Crippen molar-refractivity contribution in [1.29, 1.82) is 0 Å². The molecule has 1 heterocycles. The lowest BCUT2D eigenvalue weighted by molar-refractivity contribution is -0.0901. The molecule has 0 aromatic carbocycles. The van der Waals surface area contributed by atoms with Crippen LogP contribution in [-0.4, -0.2) is 23.5 Å². The van der Waals surface area contributed by atoms with Crippen LogP contribution in [0.2, 0.25) is 0 Å². The van der Waals surface area contributed by atoms with E-state index in [2.05, 4.69) is 20.4 Å². The number of aliphatic hydroxyl groups is 1. The molecular weight excluding hydrogens is 243 g/mol. The van der Waals surface area contributed by atoms with Gasteiger partial charge in [-0.05, 0) is 44.4 Å². The lowest BCUT2D eigenvalue weighted by Gasteiger charge is -2.47. The second kappa shape index (κ2) is 5.43. The number of alkyl halides is 1. The number of halogens is 1. The Morgan fingerprint density at radius 1 is 1.37 bits per heavy atom. The molecule has 0 amide bonds. The molecule has 0 spiro atoms. The van der Waals surface area contributed by atoms with Gasteiger partial charge in [0, 0.05) is 11.8 Å². The number of hydrogen-bond donors (Lipinski definition) is 1. The van der Waals surface area contributed by atoms with E-state index in [4.69, 9.17) is 4.74 Å². The van der Waals surface area contributed by atoms with Crippen molar-refractivity contribution in [2.75, 3.05) is 6.61 Å². The van der Waals surface area contributed by atoms with Crippen LogP contribution in [0, 0.1) is 23.7 Å². The van der Waals surface area contributed by atoms with E-state index in [1.807, 2.05) is 0 Å². The molecule has 1 aliphatic heterocycles. The topological polar surface area (TPSA) is 29.5 Å². The standard InChI is InChI=1S/C16H27FO2/c1-10-7-8-16(17,12(3)13(4)18)15-9-19-11(2)5-6-14(10)15/h10-12,14-15,18H,4-9H2,1-3H3/t10-,11?,12?,14?,15?,16-/m1/s1. The Morgan fingerprint density at radius 2 is 2.05 bits per heavy atom. The summed E-state index contributed by atoms with van der Waals surface area (Å²) in [7, 11) is 0. The van der Waals surface area contributed by atoms with Crippen molar-refractivity contribution in [1.82, 2.24) is 0 Å². The van der Waals surface area contributed by atoms with Crippen molar-refractivity contribution in [3.8, 4) is 0 Å². The third-order valence-electron chi connectivity index (χ3n) is 5.53. The minimum Gasteiger partial charge on any atom is -0.513 e. The number of hydrogen-bond acceptors (Lipinski definition) is 2. The zero-order valence-electron chi connectivity index (χ0n) is 12.4. The van der Waals surface area contributed by atoms with Gasteiger partial charge in [0.15, 0.2) is 0 Å². The maximum absolute atomic E-state index is 15.5. The number of allylic oxidation sites excluding steroid dienone is 1. The van der Waals surface area contributed by atoms with Gasteiger partial charge in [-0.1, -0.05) is 20.4 Å². The second-order valence-corrected chi connectivity index (χ2v) is 6.65. The molecule has 0 radical (unpaired) electrons. The smallest absolute Gasteiger partial charge is 0.125 e. The first kappa shape index (κ1) is 14.8. The third-order valence-corrected chi connectivity index (χ3v) is 5.53. The molecule has 0 aromatic heterocycles. The lowest BCUT2D eigenvalue weighted by atomic mass is 9.61. The van der Waals surface area contributed by atoms with Gasteiger partial charge in [-0.15, -0.1) is 0 Å². The zero-order valence-corrected chi connectivity index (χ0v) is 12.4. The van der Waals surface area contributed by atoms with Crippen molar-refractivity contribution in [2.45, 2.75) is 58.2 Å². The summed E-state index contributed by atoms with van der Waals surface area (Å²) in [6.45, 7) is 10.1. The predicted molar refractivity (Wildman–Crippen MR) is 74.8 cm³/mol. The summed E-state index contributed by atoms with van der Waals surface area (Å²) in [5.41, 5.74) is -1.37. The fraction of sp³-hybridized carbons (Fsp3) is 0.875. The van der Waals surface area contributed by atoms with Gasteiger partial charge in [-0.25, -0.2) is 4.39 Å². The normalized spacial score (nSPS) is 45.1. The number of fused-ring (bicyclic) bond motifs is 1. The van der Waals surface area contributed by atoms with Crippen LogP contribution in [-0.2, 0) is 4.74 Å². The van der Waals surface area contributed by atoms with Crippen LogP contribution >= 0.6 is 0 Å². The molecule has 1 saturated heterocycles. The molecule has 4 unspecified atom stereocenters. The van der Waals surface area contributed by atoms with Crippen LogP contribution in [0.5, 0.6) is 0 Å². The van der Waals surface area contributed by atoms with Gasteiger partial charge in [0.05, 0.1) is 18.5 Å². The summed E-state index contributed by atoms with van der Waals surface area (Å²) >= 11 is 0. The van der Waals surface area contributed by atoms with Gasteiger partial charge in [-0.2, -0.15) is 0 Å². The molecule has 110 valence electrons. The molecule has 19 heavy (non-hydrogen) atoms. The Labute approximate surface area is 116 Å². The molecule has 0 bridgehead atoms. The molecule has 2 rings (SSSR count). The molecule has 3 heteroatoms. The highest BCUT2D eigenvalue weighted by atomic mass is 19.1. The van der Waals surface area contributed by atoms with E-state index < -0.39 is 11.6 Å². The van der Waals surface area contributed by atoms with Crippen molar-refractivity contribution in [2.24, 2.45) is 23.7 Å². The molecule has 1 N–H and O–H groups in total. The molecular formula is C16H27FO2. The average molecular weight is 270 g/mol. The van der Waals surface area contributed by atoms with E-state index in [0.717, 1.165) is 19.3 Å². The van der Waals surface area contributed by atoms with E-state index in [-0.39, 0.29) is 17.8 Å². The van der Waals surface area contributed by atoms with Crippen molar-refractivity contribution in [3.05, 3.63) is 12.3 Å². The summed E-state index contributed by atoms with van der Waals surface area (Å²) in [5, 5.41) is 9.64. The number of aliphatic hydroxyl groups excluding tert-OH is 1. The Kier molecular flexibility index (Phi) is 4.24. The third kappa shape index (κ3) is 2.67. The van der Waals surface area contributed by atoms with E-state index >= 15 is 4.39 Å². The van der Waals surface area contributed by atoms with Crippen LogP contribution < -0.4 is 0 Å². The Balaban J connectivity index is 2.27. The van der Waals surface area contributed by atoms with E-state index in [0.29, 0.717) is 24.9 Å². The second-order valence-electron chi connectivity index (χ2n) is 6.65. The predicted octanol–water partition coefficient (Wildman–Crippen LogP) is 4.26. The summed E-state index contributed by atoms with van der Waals surface area (Å²) in [5.74, 6) is 0.255. The van der Waals surface area contributed by atoms with Gasteiger partial charge in [0.1, 0.15) is 5.67 Å². The number of ether oxygens (including phenoxy) is 1. The van der Waals surface area contributed by atoms with Crippen molar-refractivity contribution >= 4 is 0 Å². The molecule has 2 aliphatic rings. The van der Waals surface area contributed by atoms with Crippen LogP contribution in [0.4, 0.5) is 4.39 Å². The highest BCUT2D eigenvalue weighted by Crippen LogP contribution is 2.51. The summed E-state index contributed by atoms with van der Waals surface area (Å²) in [6, 6.07) is 0. The first-order chi connectivity index (χ1) is 8.86. The minimum absolute atomic E-state index is 0.0342. The summed E-state index contributed by atoms with van der Waals surface area (Å²) in [4.78, 5) is 0. The minimum atomic E-state index is -1.37. The van der Waals surface area contributed by atoms with Crippen LogP contribution in [0.25, 0.3) is 0 Å². The Bertz CT molecular complexity index is 344. The van der Waals surface area contributed by atoms with Gasteiger partial charge in [0.2, 0.25) is 0 Å². The summed E-state index contributed by atoms with van der Waals surface area (Å²) < 4.78 is 21.3. The first-order valence-electron chi connectivity index (χ1n) is 7.54. The summed E-state index contributed by atoms with van der Waals surface area (Å²) in [6.07, 6.45) is 3.66. The van der Waals surface area contributed by atoms with Crippen LogP contribution in [0.3, 0.4) is 0 Å². The maximum atomic E-state index is 15.5. The fourth-order valence-corrected chi connectivity index (χ4v) is 3.94. The monoisotopic (exact) mass is 270 g/mol. The Hall–Kier alpha value is -0.570. The molecule has 0 aromatic rings. The fourth-order valence-electron chi connectivity index (χ4n) is 3.94. The molecule has 6 atom stereocenters. The highest BCUT2D eigenvalue weighted by molar-refractivity contribution is 5.07. The van der Waals surface area contributed by atoms with Crippen molar-refractivity contribution < 1.29 is 14.2 Å². The van der Waals surface area contributed by atoms with E-state index in [9.17, 15) is 5.11 Å². The van der Waals surface area contributed by atoms with Crippen LogP contribution in [0.1, 0.15) is 46.5 Å². The zero-order chi connectivity index (χ0) is 14.2. The average Bonchev–Trinajstić information content (AvgIpc) is 2.56. The SMILES string of the molecule is C=C(O)C(C)[C@]1(F)CC[C@@H](C)C2CCC(C)OCC21. The Morgan fingerprint density at radius 3 is 2.68 bits per heavy atom. The largest absolute Gasteiger partial charge is 0.513 e. The molecule has 2 fully saturated rings. The highest BCUT2D eigenvalue weighted by Gasteiger charge is 2.53. The number of rotatable bonds is 2. The van der Waals surface area contributed by atoms with Crippen LogP contribution in [0.15, 0.2) is 12.3 Å². The van der Waals surface area contributed by atoms with Gasteiger partial charge in [0.25, 0.3) is 0 Å².